The Morgan fingerprint density at radius 1 is 1.50 bits per heavy atom. The average molecular weight is 249 g/mol. The molecule has 1 atom stereocenters. The molecule has 16 heavy (non-hydrogen) atoms. The van der Waals surface area contributed by atoms with Crippen LogP contribution in [0.2, 0.25) is 0 Å². The van der Waals surface area contributed by atoms with Gasteiger partial charge in [0.15, 0.2) is 9.84 Å². The molecule has 1 aliphatic heterocycles. The molecule has 5 nitrogen and oxygen atoms in total. The maximum atomic E-state index is 11.4. The normalized spacial score (nSPS) is 28.0. The van der Waals surface area contributed by atoms with Crippen LogP contribution in [0.3, 0.4) is 0 Å². The molecule has 0 bridgehead atoms. The Morgan fingerprint density at radius 3 is 2.56 bits per heavy atom. The molecule has 0 spiro atoms. The van der Waals surface area contributed by atoms with Gasteiger partial charge in [-0.25, -0.2) is 13.2 Å². The molecule has 1 N–H and O–H groups in total. The average Bonchev–Trinajstić information content (AvgIpc) is 2.37. The van der Waals surface area contributed by atoms with Crippen molar-refractivity contribution in [3.63, 3.8) is 0 Å². The van der Waals surface area contributed by atoms with E-state index in [-0.39, 0.29) is 17.4 Å². The topological polar surface area (TPSA) is 72.5 Å². The number of carbonyl (C=O) groups excluding carboxylic acids is 1. The molecule has 1 aliphatic rings. The molecule has 1 saturated heterocycles. The van der Waals surface area contributed by atoms with Crippen molar-refractivity contribution < 1.29 is 17.9 Å². The highest BCUT2D eigenvalue weighted by Gasteiger charge is 2.39. The van der Waals surface area contributed by atoms with Crippen LogP contribution in [0.25, 0.3) is 0 Å². The summed E-state index contributed by atoms with van der Waals surface area (Å²) >= 11 is 0. The first-order valence-electron chi connectivity index (χ1n) is 5.38. The lowest BCUT2D eigenvalue weighted by atomic mass is 10.0. The molecule has 1 unspecified atom stereocenters. The summed E-state index contributed by atoms with van der Waals surface area (Å²) in [5, 5.41) is 2.63. The van der Waals surface area contributed by atoms with Crippen LogP contribution < -0.4 is 5.32 Å². The smallest absolute Gasteiger partial charge is 0.407 e. The maximum absolute atomic E-state index is 11.4. The second-order valence-electron chi connectivity index (χ2n) is 5.02. The molecular formula is C10H19NO4S. The van der Waals surface area contributed by atoms with Crippen LogP contribution >= 0.6 is 0 Å². The number of sulfone groups is 1. The van der Waals surface area contributed by atoms with Gasteiger partial charge >= 0.3 is 6.09 Å². The summed E-state index contributed by atoms with van der Waals surface area (Å²) in [6.07, 6.45) is -0.0835. The fraction of sp³-hybridized carbons (Fsp3) is 0.900. The molecule has 94 valence electrons. The summed E-state index contributed by atoms with van der Waals surface area (Å²) in [7, 11) is -3.00. The number of amides is 1. The minimum absolute atomic E-state index is 0.00320. The highest BCUT2D eigenvalue weighted by atomic mass is 32.2. The van der Waals surface area contributed by atoms with Gasteiger partial charge < -0.3 is 10.1 Å². The molecule has 0 aromatic carbocycles. The van der Waals surface area contributed by atoms with Gasteiger partial charge in [0.1, 0.15) is 0 Å². The van der Waals surface area contributed by atoms with Gasteiger partial charge in [-0.05, 0) is 19.3 Å². The van der Waals surface area contributed by atoms with E-state index in [0.29, 0.717) is 13.0 Å². The molecular weight excluding hydrogens is 230 g/mol. The Kier molecular flexibility index (Phi) is 3.83. The summed E-state index contributed by atoms with van der Waals surface area (Å²) in [4.78, 5) is 11.4. The van der Waals surface area contributed by atoms with E-state index < -0.39 is 21.5 Å². The van der Waals surface area contributed by atoms with Crippen LogP contribution in [0.1, 0.15) is 27.2 Å². The maximum Gasteiger partial charge on any atom is 0.407 e. The van der Waals surface area contributed by atoms with Crippen molar-refractivity contribution in [2.45, 2.75) is 32.7 Å². The van der Waals surface area contributed by atoms with Gasteiger partial charge in [-0.1, -0.05) is 13.8 Å². The molecule has 0 aromatic heterocycles. The third kappa shape index (κ3) is 4.00. The van der Waals surface area contributed by atoms with Crippen molar-refractivity contribution >= 4 is 15.9 Å². The van der Waals surface area contributed by atoms with E-state index >= 15 is 0 Å². The van der Waals surface area contributed by atoms with Crippen LogP contribution in [0.15, 0.2) is 0 Å². The van der Waals surface area contributed by atoms with E-state index in [1.807, 2.05) is 13.8 Å². The molecule has 0 saturated carbocycles. The van der Waals surface area contributed by atoms with Crippen molar-refractivity contribution in [2.24, 2.45) is 5.92 Å². The molecule has 1 amide bonds. The largest absolute Gasteiger partial charge is 0.449 e. The van der Waals surface area contributed by atoms with Gasteiger partial charge in [0.2, 0.25) is 0 Å². The van der Waals surface area contributed by atoms with E-state index in [2.05, 4.69) is 5.32 Å². The minimum atomic E-state index is -3.00. The molecule has 0 aliphatic carbocycles. The predicted molar refractivity (Wildman–Crippen MR) is 61.0 cm³/mol. The zero-order valence-corrected chi connectivity index (χ0v) is 10.8. The first kappa shape index (κ1) is 13.3. The van der Waals surface area contributed by atoms with Gasteiger partial charge in [-0.3, -0.25) is 0 Å². The molecule has 0 radical (unpaired) electrons. The van der Waals surface area contributed by atoms with Crippen LogP contribution in [-0.2, 0) is 14.6 Å². The number of ether oxygens (including phenoxy) is 1. The highest BCUT2D eigenvalue weighted by Crippen LogP contribution is 2.22. The first-order chi connectivity index (χ1) is 7.22. The Hall–Kier alpha value is -0.780. The van der Waals surface area contributed by atoms with E-state index in [0.717, 1.165) is 0 Å². The summed E-state index contributed by atoms with van der Waals surface area (Å²) in [5.74, 6) is 0.399. The molecule has 0 aromatic rings. The SMILES string of the molecule is CC(C)COC(=O)NC1(C)CCS(=O)(=O)C1. The van der Waals surface area contributed by atoms with Crippen LogP contribution in [-0.4, -0.2) is 38.2 Å². The van der Waals surface area contributed by atoms with Gasteiger partial charge in [-0.2, -0.15) is 0 Å². The third-order valence-corrected chi connectivity index (χ3v) is 4.36. The Morgan fingerprint density at radius 2 is 2.12 bits per heavy atom. The zero-order chi connectivity index (χ0) is 12.4. The van der Waals surface area contributed by atoms with Crippen molar-refractivity contribution in [2.75, 3.05) is 18.1 Å². The molecule has 1 fully saturated rings. The lowest BCUT2D eigenvalue weighted by Gasteiger charge is -2.23. The Bertz CT molecular complexity index is 363. The summed E-state index contributed by atoms with van der Waals surface area (Å²) < 4.78 is 27.6. The van der Waals surface area contributed by atoms with Crippen LogP contribution in [0.5, 0.6) is 0 Å². The first-order valence-corrected chi connectivity index (χ1v) is 7.20. The fourth-order valence-corrected chi connectivity index (χ4v) is 3.73. The van der Waals surface area contributed by atoms with E-state index in [1.165, 1.54) is 0 Å². The monoisotopic (exact) mass is 249 g/mol. The Labute approximate surface area is 96.5 Å². The lowest BCUT2D eigenvalue weighted by molar-refractivity contribution is 0.124. The van der Waals surface area contributed by atoms with Crippen molar-refractivity contribution in [1.29, 1.82) is 0 Å². The van der Waals surface area contributed by atoms with Crippen molar-refractivity contribution in [3.05, 3.63) is 0 Å². The highest BCUT2D eigenvalue weighted by molar-refractivity contribution is 7.91. The number of alkyl carbamates (subject to hydrolysis) is 1. The van der Waals surface area contributed by atoms with Gasteiger partial charge in [0.25, 0.3) is 0 Å². The number of rotatable bonds is 3. The zero-order valence-electron chi connectivity index (χ0n) is 9.95. The number of carbonyl (C=O) groups is 1. The van der Waals surface area contributed by atoms with Crippen molar-refractivity contribution in [1.82, 2.24) is 5.32 Å². The Balaban J connectivity index is 2.45. The lowest BCUT2D eigenvalue weighted by Crippen LogP contribution is -2.47. The number of nitrogens with one attached hydrogen (secondary N) is 1. The minimum Gasteiger partial charge on any atom is -0.449 e. The van der Waals surface area contributed by atoms with Gasteiger partial charge in [0, 0.05) is 0 Å². The predicted octanol–water partition coefficient (Wildman–Crippen LogP) is 0.946. The van der Waals surface area contributed by atoms with Gasteiger partial charge in [0.05, 0.1) is 23.7 Å². The summed E-state index contributed by atoms with van der Waals surface area (Å²) in [6, 6.07) is 0. The second-order valence-corrected chi connectivity index (χ2v) is 7.20. The van der Waals surface area contributed by atoms with Gasteiger partial charge in [-0.15, -0.1) is 0 Å². The summed E-state index contributed by atoms with van der Waals surface area (Å²) in [5.41, 5.74) is -0.674. The van der Waals surface area contributed by atoms with E-state index in [1.54, 1.807) is 6.92 Å². The van der Waals surface area contributed by atoms with E-state index in [9.17, 15) is 13.2 Å². The molecule has 6 heteroatoms. The molecule has 1 heterocycles. The third-order valence-electron chi connectivity index (χ3n) is 2.45. The quantitative estimate of drug-likeness (QED) is 0.808. The standard InChI is InChI=1S/C10H19NO4S/c1-8(2)6-15-9(12)11-10(3)4-5-16(13,14)7-10/h8H,4-7H2,1-3H3,(H,11,12). The summed E-state index contributed by atoms with van der Waals surface area (Å²) in [6.45, 7) is 5.95. The second kappa shape index (κ2) is 4.61. The van der Waals surface area contributed by atoms with Crippen LogP contribution in [0.4, 0.5) is 4.79 Å². The van der Waals surface area contributed by atoms with E-state index in [4.69, 9.17) is 4.74 Å². The van der Waals surface area contributed by atoms with Crippen molar-refractivity contribution in [3.8, 4) is 0 Å². The van der Waals surface area contributed by atoms with Crippen LogP contribution in [0, 0.1) is 5.92 Å². The number of hydrogen-bond donors (Lipinski definition) is 1. The fourth-order valence-electron chi connectivity index (χ4n) is 1.63. The molecule has 1 rings (SSSR count). The number of hydrogen-bond acceptors (Lipinski definition) is 4.